The van der Waals surface area contributed by atoms with Gasteiger partial charge in [0.1, 0.15) is 0 Å². The molecule has 2 aromatic carbocycles. The fourth-order valence-corrected chi connectivity index (χ4v) is 5.78. The maximum Gasteiger partial charge on any atom is 0.218 e. The Hall–Kier alpha value is -3.16. The van der Waals surface area contributed by atoms with E-state index < -0.39 is 12.3 Å². The van der Waals surface area contributed by atoms with Crippen LogP contribution >= 0.6 is 0 Å². The van der Waals surface area contributed by atoms with Gasteiger partial charge in [0.15, 0.2) is 23.1 Å². The molecule has 2 aromatic rings. The molecular weight excluding hydrogens is 410 g/mol. The van der Waals surface area contributed by atoms with E-state index in [1.807, 2.05) is 36.5 Å². The van der Waals surface area contributed by atoms with Crippen LogP contribution in [0.1, 0.15) is 27.5 Å². The van der Waals surface area contributed by atoms with Gasteiger partial charge in [0.25, 0.3) is 0 Å². The number of benzene rings is 2. The molecule has 0 saturated carbocycles. The average Bonchev–Trinajstić information content (AvgIpc) is 3.43. The van der Waals surface area contributed by atoms with Crippen molar-refractivity contribution in [2.75, 3.05) is 20.8 Å². The molecule has 164 valence electrons. The minimum atomic E-state index is -0.837. The summed E-state index contributed by atoms with van der Waals surface area (Å²) < 4.78 is 22.3. The number of hydrogen-bond acceptors (Lipinski definition) is 7. The Morgan fingerprint density at radius 3 is 2.72 bits per heavy atom. The molecule has 0 N–H and O–H groups in total. The van der Waals surface area contributed by atoms with E-state index in [4.69, 9.17) is 18.9 Å². The smallest absolute Gasteiger partial charge is 0.218 e. The zero-order chi connectivity index (χ0) is 22.0. The number of hydrogen-bond donors (Lipinski definition) is 0. The molecule has 0 aliphatic carbocycles. The molecule has 6 atom stereocenters. The van der Waals surface area contributed by atoms with Crippen molar-refractivity contribution in [3.05, 3.63) is 65.4 Å². The summed E-state index contributed by atoms with van der Waals surface area (Å²) in [5.41, 5.74) is 2.63. The molecule has 0 amide bonds. The molecule has 32 heavy (non-hydrogen) atoms. The molecular formula is C25H23NO6. The van der Waals surface area contributed by atoms with Gasteiger partial charge in [-0.2, -0.15) is 0 Å². The molecule has 7 nitrogen and oxygen atoms in total. The number of rotatable bonds is 4. The van der Waals surface area contributed by atoms with Crippen LogP contribution in [0.4, 0.5) is 0 Å². The van der Waals surface area contributed by atoms with Crippen molar-refractivity contribution in [3.63, 3.8) is 0 Å². The lowest BCUT2D eigenvalue weighted by atomic mass is 9.75. The van der Waals surface area contributed by atoms with Gasteiger partial charge in [-0.1, -0.05) is 24.3 Å². The van der Waals surface area contributed by atoms with E-state index in [-0.39, 0.29) is 35.5 Å². The summed E-state index contributed by atoms with van der Waals surface area (Å²) in [4.78, 5) is 29.4. The molecule has 0 spiro atoms. The van der Waals surface area contributed by atoms with Crippen LogP contribution in [0.3, 0.4) is 0 Å². The van der Waals surface area contributed by atoms with Crippen LogP contribution < -0.4 is 9.47 Å². The van der Waals surface area contributed by atoms with E-state index in [1.165, 1.54) is 0 Å². The Bertz CT molecular complexity index is 1140. The number of carbonyl (C=O) groups is 2. The fourth-order valence-electron chi connectivity index (χ4n) is 5.78. The zero-order valence-electron chi connectivity index (χ0n) is 17.8. The van der Waals surface area contributed by atoms with E-state index >= 15 is 0 Å². The van der Waals surface area contributed by atoms with Gasteiger partial charge in [-0.15, -0.1) is 0 Å². The predicted octanol–water partition coefficient (Wildman–Crippen LogP) is 2.85. The predicted molar refractivity (Wildman–Crippen MR) is 114 cm³/mol. The Balaban J connectivity index is 1.47. The summed E-state index contributed by atoms with van der Waals surface area (Å²) in [6.45, 7) is 0.319. The molecule has 0 radical (unpaired) electrons. The minimum absolute atomic E-state index is 0.0748. The van der Waals surface area contributed by atoms with Crippen molar-refractivity contribution < 1.29 is 28.5 Å². The fraction of sp³-hybridized carbons (Fsp3) is 0.360. The van der Waals surface area contributed by atoms with Crippen LogP contribution in [-0.2, 0) is 14.3 Å². The third-order valence-electron chi connectivity index (χ3n) is 7.14. The third kappa shape index (κ3) is 2.61. The van der Waals surface area contributed by atoms with Crippen LogP contribution in [0.5, 0.6) is 11.5 Å². The highest BCUT2D eigenvalue weighted by atomic mass is 16.7. The van der Waals surface area contributed by atoms with E-state index in [9.17, 15) is 9.59 Å². The number of ether oxygens (including phenoxy) is 4. The first-order valence-corrected chi connectivity index (χ1v) is 10.7. The number of Topliss-reactive ketones (excluding diaryl/α,β-unsaturated/α-hetero) is 2. The lowest BCUT2D eigenvalue weighted by Gasteiger charge is -2.34. The van der Waals surface area contributed by atoms with Gasteiger partial charge in [0.05, 0.1) is 44.9 Å². The number of carbonyl (C=O) groups excluding carboxylic acids is 2. The molecule has 0 unspecified atom stereocenters. The maximum atomic E-state index is 13.9. The van der Waals surface area contributed by atoms with Gasteiger partial charge in [0, 0.05) is 17.7 Å². The number of fused-ring (bicyclic) bond motifs is 8. The largest absolute Gasteiger partial charge is 0.493 e. The summed E-state index contributed by atoms with van der Waals surface area (Å²) in [5, 5.41) is 0. The highest BCUT2D eigenvalue weighted by Gasteiger charge is 2.63. The summed E-state index contributed by atoms with van der Waals surface area (Å²) in [6.07, 6.45) is 2.83. The molecule has 0 aromatic heterocycles. The molecule has 3 saturated heterocycles. The standard InChI is InChI=1S/C25H23NO6/c1-29-16-8-7-14(11-17(16)30-2)23(27)22-19-18-12-31-25(32-18)24(28)20(19)21-15-6-4-3-5-13(15)9-10-26(21)22/h3-11,18-22,25H,12H2,1-2H3/t18-,19+,20-,21+,22-,25+/m1/s1. The SMILES string of the molecule is COc1ccc(C(=O)[C@H]2[C@@H]3[C@@H](C(=O)[C@H]4OC[C@H]3O4)[C@@H]3c4ccccc4C=CN23)cc1OC. The van der Waals surface area contributed by atoms with E-state index in [1.54, 1.807) is 32.4 Å². The Labute approximate surface area is 185 Å². The zero-order valence-corrected chi connectivity index (χ0v) is 17.8. The molecule has 3 fully saturated rings. The molecule has 4 aliphatic heterocycles. The van der Waals surface area contributed by atoms with Gasteiger partial charge in [-0.05, 0) is 35.4 Å². The number of methoxy groups -OCH3 is 2. The van der Waals surface area contributed by atoms with Crippen molar-refractivity contribution in [2.45, 2.75) is 24.5 Å². The van der Waals surface area contributed by atoms with Gasteiger partial charge in [-0.25, -0.2) is 0 Å². The van der Waals surface area contributed by atoms with Gasteiger partial charge in [-0.3, -0.25) is 9.59 Å². The molecule has 6 rings (SSSR count). The van der Waals surface area contributed by atoms with Crippen LogP contribution in [-0.4, -0.2) is 55.7 Å². The summed E-state index contributed by atoms with van der Waals surface area (Å²) in [6, 6.07) is 12.4. The quantitative estimate of drug-likeness (QED) is 0.687. The van der Waals surface area contributed by atoms with Crippen molar-refractivity contribution in [1.29, 1.82) is 0 Å². The molecule has 7 heteroatoms. The molecule has 4 aliphatic rings. The first-order chi connectivity index (χ1) is 15.6. The Morgan fingerprint density at radius 1 is 1.09 bits per heavy atom. The van der Waals surface area contributed by atoms with Crippen molar-refractivity contribution in [3.8, 4) is 11.5 Å². The second-order valence-electron chi connectivity index (χ2n) is 8.56. The Kier molecular flexibility index (Phi) is 4.38. The van der Waals surface area contributed by atoms with Crippen LogP contribution in [0.2, 0.25) is 0 Å². The normalized spacial score (nSPS) is 31.7. The molecule has 4 heterocycles. The van der Waals surface area contributed by atoms with Crippen molar-refractivity contribution in [1.82, 2.24) is 4.90 Å². The monoisotopic (exact) mass is 433 g/mol. The number of ketones is 2. The van der Waals surface area contributed by atoms with Crippen molar-refractivity contribution in [2.24, 2.45) is 11.8 Å². The Morgan fingerprint density at radius 2 is 1.91 bits per heavy atom. The number of nitrogens with zero attached hydrogens (tertiary/aromatic N) is 1. The second-order valence-corrected chi connectivity index (χ2v) is 8.56. The highest BCUT2D eigenvalue weighted by molar-refractivity contribution is 6.02. The third-order valence-corrected chi connectivity index (χ3v) is 7.14. The second kappa shape index (κ2) is 7.18. The van der Waals surface area contributed by atoms with E-state index in [0.29, 0.717) is 23.7 Å². The van der Waals surface area contributed by atoms with Crippen LogP contribution in [0, 0.1) is 11.8 Å². The highest BCUT2D eigenvalue weighted by Crippen LogP contribution is 2.54. The van der Waals surface area contributed by atoms with Crippen LogP contribution in [0.25, 0.3) is 6.08 Å². The minimum Gasteiger partial charge on any atom is -0.493 e. The van der Waals surface area contributed by atoms with E-state index in [0.717, 1.165) is 11.1 Å². The average molecular weight is 433 g/mol. The summed E-state index contributed by atoms with van der Waals surface area (Å²) >= 11 is 0. The lowest BCUT2D eigenvalue weighted by Crippen LogP contribution is -2.48. The maximum absolute atomic E-state index is 13.9. The van der Waals surface area contributed by atoms with Crippen molar-refractivity contribution >= 4 is 17.6 Å². The topological polar surface area (TPSA) is 74.3 Å². The van der Waals surface area contributed by atoms with Crippen LogP contribution in [0.15, 0.2) is 48.7 Å². The first kappa shape index (κ1) is 19.5. The van der Waals surface area contributed by atoms with Gasteiger partial charge >= 0.3 is 0 Å². The van der Waals surface area contributed by atoms with Gasteiger partial charge in [0.2, 0.25) is 6.29 Å². The van der Waals surface area contributed by atoms with Gasteiger partial charge < -0.3 is 23.8 Å². The lowest BCUT2D eigenvalue weighted by molar-refractivity contribution is -0.164. The molecule has 2 bridgehead atoms. The van der Waals surface area contributed by atoms with E-state index in [2.05, 4.69) is 4.90 Å². The summed E-state index contributed by atoms with van der Waals surface area (Å²) in [5.74, 6) is 0.218. The summed E-state index contributed by atoms with van der Waals surface area (Å²) in [7, 11) is 3.10. The first-order valence-electron chi connectivity index (χ1n) is 10.7.